The largest absolute Gasteiger partial charge is 0.341 e. The summed E-state index contributed by atoms with van der Waals surface area (Å²) >= 11 is 0. The molecule has 0 aliphatic carbocycles. The molecule has 0 N–H and O–H groups in total. The van der Waals surface area contributed by atoms with E-state index in [1.54, 1.807) is 0 Å². The summed E-state index contributed by atoms with van der Waals surface area (Å²) in [6.45, 7) is 4.24. The average molecular weight is 177 g/mol. The number of nitrogens with zero attached hydrogens (tertiary/aromatic N) is 3. The zero-order valence-electron chi connectivity index (χ0n) is 8.03. The van der Waals surface area contributed by atoms with Crippen LogP contribution in [0, 0.1) is 6.92 Å². The van der Waals surface area contributed by atoms with Gasteiger partial charge in [0.25, 0.3) is 0 Å². The first-order valence-electron chi connectivity index (χ1n) is 4.90. The molecule has 0 unspecified atom stereocenters. The highest BCUT2D eigenvalue weighted by Crippen LogP contribution is 2.14. The number of anilines is 1. The highest BCUT2D eigenvalue weighted by molar-refractivity contribution is 5.29. The molecule has 1 fully saturated rings. The third-order valence-corrected chi connectivity index (χ3v) is 2.41. The summed E-state index contributed by atoms with van der Waals surface area (Å²) in [4.78, 5) is 10.9. The molecular formula is C10H15N3. The first kappa shape index (κ1) is 8.48. The quantitative estimate of drug-likeness (QED) is 0.654. The summed E-state index contributed by atoms with van der Waals surface area (Å²) in [5, 5.41) is 0. The van der Waals surface area contributed by atoms with Crippen LogP contribution < -0.4 is 4.90 Å². The van der Waals surface area contributed by atoms with Gasteiger partial charge in [0, 0.05) is 25.5 Å². The number of aromatic nitrogens is 2. The van der Waals surface area contributed by atoms with E-state index in [1.165, 1.54) is 19.3 Å². The fourth-order valence-electron chi connectivity index (χ4n) is 1.64. The van der Waals surface area contributed by atoms with E-state index < -0.39 is 0 Å². The van der Waals surface area contributed by atoms with E-state index in [4.69, 9.17) is 0 Å². The highest BCUT2D eigenvalue weighted by atomic mass is 15.2. The molecule has 0 spiro atoms. The molecule has 0 radical (unpaired) electrons. The van der Waals surface area contributed by atoms with Crippen LogP contribution in [0.2, 0.25) is 0 Å². The standard InChI is InChI=1S/C10H15N3/c1-9-7-11-10(12-8-9)13-5-3-2-4-6-13/h7-8H,2-6H2,1H3. The normalized spacial score (nSPS) is 17.5. The second kappa shape index (κ2) is 3.73. The van der Waals surface area contributed by atoms with Gasteiger partial charge >= 0.3 is 0 Å². The summed E-state index contributed by atoms with van der Waals surface area (Å²) in [5.41, 5.74) is 1.13. The minimum Gasteiger partial charge on any atom is -0.341 e. The van der Waals surface area contributed by atoms with Gasteiger partial charge in [0.1, 0.15) is 0 Å². The molecule has 70 valence electrons. The molecule has 2 rings (SSSR count). The molecule has 0 saturated carbocycles. The average Bonchev–Trinajstić information content (AvgIpc) is 2.20. The Balaban J connectivity index is 2.10. The summed E-state index contributed by atoms with van der Waals surface area (Å²) < 4.78 is 0. The zero-order valence-corrected chi connectivity index (χ0v) is 8.03. The van der Waals surface area contributed by atoms with E-state index >= 15 is 0 Å². The van der Waals surface area contributed by atoms with Crippen molar-refractivity contribution in [2.24, 2.45) is 0 Å². The lowest BCUT2D eigenvalue weighted by molar-refractivity contribution is 0.568. The predicted molar refractivity (Wildman–Crippen MR) is 52.8 cm³/mol. The number of aryl methyl sites for hydroxylation is 1. The summed E-state index contributed by atoms with van der Waals surface area (Å²) in [6.07, 6.45) is 7.67. The third kappa shape index (κ3) is 1.97. The van der Waals surface area contributed by atoms with Gasteiger partial charge in [0.2, 0.25) is 5.95 Å². The van der Waals surface area contributed by atoms with E-state index in [9.17, 15) is 0 Å². The lowest BCUT2D eigenvalue weighted by atomic mass is 10.1. The zero-order chi connectivity index (χ0) is 9.10. The summed E-state index contributed by atoms with van der Waals surface area (Å²) in [7, 11) is 0. The maximum atomic E-state index is 4.32. The van der Waals surface area contributed by atoms with E-state index in [1.807, 2.05) is 19.3 Å². The Bertz CT molecular complexity index is 262. The maximum absolute atomic E-state index is 4.32. The van der Waals surface area contributed by atoms with E-state index in [0.717, 1.165) is 24.6 Å². The molecule has 0 bridgehead atoms. The monoisotopic (exact) mass is 177 g/mol. The number of hydrogen-bond donors (Lipinski definition) is 0. The van der Waals surface area contributed by atoms with Crippen LogP contribution in [-0.2, 0) is 0 Å². The van der Waals surface area contributed by atoms with Crippen molar-refractivity contribution < 1.29 is 0 Å². The number of piperidine rings is 1. The summed E-state index contributed by atoms with van der Waals surface area (Å²) in [6, 6.07) is 0. The van der Waals surface area contributed by atoms with Gasteiger partial charge < -0.3 is 4.90 Å². The van der Waals surface area contributed by atoms with Crippen molar-refractivity contribution in [3.63, 3.8) is 0 Å². The first-order valence-corrected chi connectivity index (χ1v) is 4.90. The lowest BCUT2D eigenvalue weighted by Gasteiger charge is -2.26. The van der Waals surface area contributed by atoms with Crippen LogP contribution in [0.4, 0.5) is 5.95 Å². The van der Waals surface area contributed by atoms with Gasteiger partial charge in [-0.05, 0) is 31.7 Å². The van der Waals surface area contributed by atoms with Gasteiger partial charge in [0.05, 0.1) is 0 Å². The molecule has 1 aliphatic rings. The summed E-state index contributed by atoms with van der Waals surface area (Å²) in [5.74, 6) is 0.894. The van der Waals surface area contributed by atoms with Crippen LogP contribution >= 0.6 is 0 Å². The second-order valence-corrected chi connectivity index (χ2v) is 3.61. The second-order valence-electron chi connectivity index (χ2n) is 3.61. The van der Waals surface area contributed by atoms with Crippen LogP contribution in [0.15, 0.2) is 12.4 Å². The van der Waals surface area contributed by atoms with Crippen LogP contribution in [0.25, 0.3) is 0 Å². The lowest BCUT2D eigenvalue weighted by Crippen LogP contribution is -2.30. The minimum absolute atomic E-state index is 0.894. The molecule has 3 heteroatoms. The smallest absolute Gasteiger partial charge is 0.225 e. The molecule has 0 aromatic carbocycles. The molecule has 1 aromatic rings. The molecule has 1 aromatic heterocycles. The van der Waals surface area contributed by atoms with Gasteiger partial charge in [-0.1, -0.05) is 0 Å². The molecule has 2 heterocycles. The Morgan fingerprint density at radius 2 is 1.69 bits per heavy atom. The molecule has 3 nitrogen and oxygen atoms in total. The topological polar surface area (TPSA) is 29.0 Å². The van der Waals surface area contributed by atoms with E-state index in [2.05, 4.69) is 14.9 Å². The van der Waals surface area contributed by atoms with Gasteiger partial charge in [-0.2, -0.15) is 0 Å². The Labute approximate surface area is 78.8 Å². The van der Waals surface area contributed by atoms with Crippen molar-refractivity contribution in [2.45, 2.75) is 26.2 Å². The fourth-order valence-corrected chi connectivity index (χ4v) is 1.64. The van der Waals surface area contributed by atoms with Gasteiger partial charge in [0.15, 0.2) is 0 Å². The van der Waals surface area contributed by atoms with Crippen molar-refractivity contribution in [3.8, 4) is 0 Å². The molecule has 13 heavy (non-hydrogen) atoms. The van der Waals surface area contributed by atoms with Gasteiger partial charge in [-0.3, -0.25) is 0 Å². The first-order chi connectivity index (χ1) is 6.36. The van der Waals surface area contributed by atoms with Crippen molar-refractivity contribution in [1.82, 2.24) is 9.97 Å². The maximum Gasteiger partial charge on any atom is 0.225 e. The minimum atomic E-state index is 0.894. The number of hydrogen-bond acceptors (Lipinski definition) is 3. The van der Waals surface area contributed by atoms with Crippen molar-refractivity contribution in [3.05, 3.63) is 18.0 Å². The highest BCUT2D eigenvalue weighted by Gasteiger charge is 2.12. The Morgan fingerprint density at radius 1 is 1.08 bits per heavy atom. The van der Waals surface area contributed by atoms with Crippen molar-refractivity contribution in [2.75, 3.05) is 18.0 Å². The molecular weight excluding hydrogens is 162 g/mol. The molecule has 0 amide bonds. The molecule has 1 saturated heterocycles. The van der Waals surface area contributed by atoms with Crippen LogP contribution in [-0.4, -0.2) is 23.1 Å². The van der Waals surface area contributed by atoms with Crippen LogP contribution in [0.3, 0.4) is 0 Å². The van der Waals surface area contributed by atoms with Gasteiger partial charge in [-0.25, -0.2) is 9.97 Å². The van der Waals surface area contributed by atoms with Crippen molar-refractivity contribution in [1.29, 1.82) is 0 Å². The van der Waals surface area contributed by atoms with E-state index in [-0.39, 0.29) is 0 Å². The van der Waals surface area contributed by atoms with Gasteiger partial charge in [-0.15, -0.1) is 0 Å². The predicted octanol–water partition coefficient (Wildman–Crippen LogP) is 1.78. The third-order valence-electron chi connectivity index (χ3n) is 2.41. The van der Waals surface area contributed by atoms with Crippen LogP contribution in [0.1, 0.15) is 24.8 Å². The molecule has 1 aliphatic heterocycles. The Morgan fingerprint density at radius 3 is 2.31 bits per heavy atom. The Hall–Kier alpha value is -1.12. The Kier molecular flexibility index (Phi) is 2.43. The van der Waals surface area contributed by atoms with E-state index in [0.29, 0.717) is 0 Å². The van der Waals surface area contributed by atoms with Crippen LogP contribution in [0.5, 0.6) is 0 Å². The fraction of sp³-hybridized carbons (Fsp3) is 0.600. The number of rotatable bonds is 1. The van der Waals surface area contributed by atoms with Crippen molar-refractivity contribution >= 4 is 5.95 Å². The SMILES string of the molecule is Cc1cnc(N2CCCCC2)nc1. The molecule has 0 atom stereocenters.